The molecule has 7 rings (SSSR count). The Morgan fingerprint density at radius 1 is 0.537 bits per heavy atom. The van der Waals surface area contributed by atoms with Crippen molar-refractivity contribution in [3.63, 3.8) is 0 Å². The molecule has 2 aliphatic carbocycles. The van der Waals surface area contributed by atoms with E-state index in [2.05, 4.69) is 5.32 Å². The van der Waals surface area contributed by atoms with E-state index in [4.69, 9.17) is 9.47 Å². The fraction of sp³-hybridized carbons (Fsp3) is 0.171. The summed E-state index contributed by atoms with van der Waals surface area (Å²) < 4.78 is 10.9. The zero-order chi connectivity index (χ0) is 28.4. The van der Waals surface area contributed by atoms with Crippen LogP contribution in [0.25, 0.3) is 11.1 Å². The van der Waals surface area contributed by atoms with Gasteiger partial charge in [0.15, 0.2) is 5.78 Å². The van der Waals surface area contributed by atoms with Crippen LogP contribution in [-0.4, -0.2) is 31.8 Å². The second kappa shape index (κ2) is 9.03. The van der Waals surface area contributed by atoms with Crippen molar-refractivity contribution in [3.8, 4) is 11.5 Å². The van der Waals surface area contributed by atoms with E-state index in [-0.39, 0.29) is 5.78 Å². The molecule has 3 aliphatic rings. The molecule has 0 spiro atoms. The van der Waals surface area contributed by atoms with Crippen molar-refractivity contribution >= 4 is 28.7 Å². The van der Waals surface area contributed by atoms with Gasteiger partial charge in [0, 0.05) is 0 Å². The summed E-state index contributed by atoms with van der Waals surface area (Å²) in [7, 11) is 3.21. The van der Waals surface area contributed by atoms with Gasteiger partial charge in [-0.05, 0) is 57.7 Å². The smallest absolute Gasteiger partial charge is 0.232 e. The molecule has 4 atom stereocenters. The van der Waals surface area contributed by atoms with Crippen molar-refractivity contribution in [3.05, 3.63) is 131 Å². The average molecular weight is 542 g/mol. The van der Waals surface area contributed by atoms with Gasteiger partial charge in [0.2, 0.25) is 11.8 Å². The van der Waals surface area contributed by atoms with Crippen molar-refractivity contribution in [2.75, 3.05) is 14.2 Å². The molecule has 2 fully saturated rings. The summed E-state index contributed by atoms with van der Waals surface area (Å²) in [5.74, 6) is -1.48. The number of hydrogen-bond acceptors (Lipinski definition) is 5. The topological polar surface area (TPSA) is 81.7 Å². The first-order valence-electron chi connectivity index (χ1n) is 13.5. The number of Topliss-reactive ketones (excluding diaryl/α,β-unsaturated/α-hetero) is 1. The average Bonchev–Trinajstić information content (AvgIpc) is 3.56. The van der Waals surface area contributed by atoms with Gasteiger partial charge in [-0.15, -0.1) is 0 Å². The minimum atomic E-state index is -1.40. The normalized spacial score (nSPS) is 26.2. The second-order valence-corrected chi connectivity index (χ2v) is 10.7. The number of benzene rings is 4. The zero-order valence-electron chi connectivity index (χ0n) is 22.6. The number of imide groups is 1. The summed E-state index contributed by atoms with van der Waals surface area (Å²) >= 11 is 0. The molecule has 1 aliphatic heterocycles. The molecule has 2 bridgehead atoms. The predicted molar refractivity (Wildman–Crippen MR) is 154 cm³/mol. The van der Waals surface area contributed by atoms with Crippen LogP contribution in [0.5, 0.6) is 11.5 Å². The third kappa shape index (κ3) is 3.10. The van der Waals surface area contributed by atoms with Crippen LogP contribution in [0, 0.1) is 11.8 Å². The fourth-order valence-corrected chi connectivity index (χ4v) is 7.57. The fourth-order valence-electron chi connectivity index (χ4n) is 7.57. The van der Waals surface area contributed by atoms with Crippen LogP contribution in [0.2, 0.25) is 0 Å². The quantitative estimate of drug-likeness (QED) is 0.349. The Balaban J connectivity index is 1.69. The lowest BCUT2D eigenvalue weighted by Gasteiger charge is -2.39. The van der Waals surface area contributed by atoms with Crippen LogP contribution >= 0.6 is 0 Å². The molecule has 2 amide bonds. The third-order valence-electron chi connectivity index (χ3n) is 9.05. The number of fused-ring (bicyclic) bond motifs is 5. The van der Waals surface area contributed by atoms with Gasteiger partial charge in [-0.25, -0.2) is 0 Å². The highest BCUT2D eigenvalue weighted by molar-refractivity contribution is 6.35. The van der Waals surface area contributed by atoms with Gasteiger partial charge in [0.25, 0.3) is 0 Å². The van der Waals surface area contributed by atoms with E-state index in [1.165, 1.54) is 0 Å². The largest absolute Gasteiger partial charge is 0.497 e. The minimum absolute atomic E-state index is 0.155. The summed E-state index contributed by atoms with van der Waals surface area (Å²) in [6.45, 7) is 0. The predicted octanol–water partition coefficient (Wildman–Crippen LogP) is 4.98. The molecule has 0 radical (unpaired) electrons. The summed E-state index contributed by atoms with van der Waals surface area (Å²) in [6, 6.07) is 34.0. The summed E-state index contributed by atoms with van der Waals surface area (Å²) in [5, 5.41) is 2.61. The van der Waals surface area contributed by atoms with Crippen LogP contribution < -0.4 is 14.8 Å². The monoisotopic (exact) mass is 541 g/mol. The number of hydrogen-bond donors (Lipinski definition) is 1. The summed E-state index contributed by atoms with van der Waals surface area (Å²) in [5.41, 5.74) is 1.63. The number of rotatable bonds is 6. The molecular weight excluding hydrogens is 514 g/mol. The molecule has 1 N–H and O–H groups in total. The van der Waals surface area contributed by atoms with Crippen molar-refractivity contribution < 1.29 is 23.9 Å². The van der Waals surface area contributed by atoms with Crippen molar-refractivity contribution in [1.82, 2.24) is 5.32 Å². The van der Waals surface area contributed by atoms with Crippen LogP contribution in [0.3, 0.4) is 0 Å². The molecule has 6 heteroatoms. The first-order valence-corrected chi connectivity index (χ1v) is 13.5. The number of ether oxygens (including phenoxy) is 2. The molecule has 41 heavy (non-hydrogen) atoms. The lowest BCUT2D eigenvalue weighted by Crippen LogP contribution is -2.44. The highest BCUT2D eigenvalue weighted by Crippen LogP contribution is 2.73. The Kier molecular flexibility index (Phi) is 5.51. The van der Waals surface area contributed by atoms with Crippen molar-refractivity contribution in [1.29, 1.82) is 0 Å². The van der Waals surface area contributed by atoms with Gasteiger partial charge >= 0.3 is 0 Å². The van der Waals surface area contributed by atoms with Gasteiger partial charge in [0.1, 0.15) is 11.5 Å². The summed E-state index contributed by atoms with van der Waals surface area (Å²) in [4.78, 5) is 43.1. The lowest BCUT2D eigenvalue weighted by molar-refractivity contribution is -0.132. The van der Waals surface area contributed by atoms with E-state index in [0.717, 1.165) is 22.3 Å². The summed E-state index contributed by atoms with van der Waals surface area (Å²) in [6.07, 6.45) is 0. The van der Waals surface area contributed by atoms with Gasteiger partial charge < -0.3 is 9.47 Å². The lowest BCUT2D eigenvalue weighted by atomic mass is 9.59. The van der Waals surface area contributed by atoms with Crippen LogP contribution in [-0.2, 0) is 25.2 Å². The van der Waals surface area contributed by atoms with Gasteiger partial charge in [-0.1, -0.05) is 84.9 Å². The maximum atomic E-state index is 15.5. The Morgan fingerprint density at radius 2 is 0.902 bits per heavy atom. The Labute approximate surface area is 237 Å². The molecule has 1 saturated carbocycles. The number of carbonyl (C=O) groups excluding carboxylic acids is 3. The standard InChI is InChI=1S/C35H27NO5/c1-40-25-17-13-21(14-18-25)27-28(22-15-19-26(41-2)20-16-22)35(24-11-7-4-8-12-24)30-29(31(37)36-32(30)38)34(27,33(35)39)23-9-5-3-6-10-23/h3-20,29-30H,1-2H3,(H,36,37,38)/t29-,30+,34-,35-/m0/s1. The number of nitrogens with one attached hydrogen (secondary N) is 1. The van der Waals surface area contributed by atoms with E-state index in [1.54, 1.807) is 14.2 Å². The van der Waals surface area contributed by atoms with Gasteiger partial charge in [-0.3, -0.25) is 19.7 Å². The van der Waals surface area contributed by atoms with E-state index < -0.39 is 34.5 Å². The van der Waals surface area contributed by atoms with E-state index in [0.29, 0.717) is 22.6 Å². The maximum Gasteiger partial charge on any atom is 0.232 e. The molecule has 4 aromatic rings. The van der Waals surface area contributed by atoms with Crippen LogP contribution in [0.1, 0.15) is 22.3 Å². The molecule has 0 aromatic heterocycles. The number of methoxy groups -OCH3 is 2. The molecule has 202 valence electrons. The van der Waals surface area contributed by atoms with E-state index in [1.807, 2.05) is 109 Å². The van der Waals surface area contributed by atoms with Gasteiger partial charge in [-0.2, -0.15) is 0 Å². The minimum Gasteiger partial charge on any atom is -0.497 e. The van der Waals surface area contributed by atoms with Crippen molar-refractivity contribution in [2.45, 2.75) is 10.8 Å². The molecule has 1 saturated heterocycles. The zero-order valence-corrected chi connectivity index (χ0v) is 22.6. The van der Waals surface area contributed by atoms with Crippen LogP contribution in [0.15, 0.2) is 109 Å². The Hall–Kier alpha value is -4.97. The number of carbonyl (C=O) groups is 3. The molecule has 4 aromatic carbocycles. The SMILES string of the molecule is COc1ccc(C2=C(c3ccc(OC)cc3)[C@]3(c4ccccc4)C(=O)[C@]2(c2ccccc2)[C@@H]2C(=O)NC(=O)[C@@H]23)cc1. The van der Waals surface area contributed by atoms with Crippen molar-refractivity contribution in [2.24, 2.45) is 11.8 Å². The first kappa shape index (κ1) is 25.0. The molecular formula is C35H27NO5. The first-order chi connectivity index (χ1) is 20.0. The second-order valence-electron chi connectivity index (χ2n) is 10.7. The van der Waals surface area contributed by atoms with Crippen LogP contribution in [0.4, 0.5) is 0 Å². The molecule has 0 unspecified atom stereocenters. The Bertz CT molecular complexity index is 1600. The number of ketones is 1. The molecule has 6 nitrogen and oxygen atoms in total. The van der Waals surface area contributed by atoms with E-state index in [9.17, 15) is 9.59 Å². The maximum absolute atomic E-state index is 15.5. The number of allylic oxidation sites excluding steroid dienone is 2. The van der Waals surface area contributed by atoms with E-state index >= 15 is 4.79 Å². The highest BCUT2D eigenvalue weighted by atomic mass is 16.5. The highest BCUT2D eigenvalue weighted by Gasteiger charge is 2.81. The number of amides is 2. The Morgan fingerprint density at radius 3 is 1.24 bits per heavy atom. The molecule has 1 heterocycles. The van der Waals surface area contributed by atoms with Gasteiger partial charge in [0.05, 0.1) is 36.9 Å². The third-order valence-corrected chi connectivity index (χ3v) is 9.05.